The van der Waals surface area contributed by atoms with Crippen molar-refractivity contribution in [2.24, 2.45) is 0 Å². The third-order valence-electron chi connectivity index (χ3n) is 1.62. The maximum absolute atomic E-state index is 13.0. The molecule has 0 aliphatic carbocycles. The third kappa shape index (κ3) is 1.83. The maximum Gasteiger partial charge on any atom is 0.177 e. The highest BCUT2D eigenvalue weighted by atomic mass is 35.5. The third-order valence-corrected chi connectivity index (χ3v) is 1.87. The summed E-state index contributed by atoms with van der Waals surface area (Å²) >= 11 is 5.25. The van der Waals surface area contributed by atoms with Gasteiger partial charge in [-0.1, -0.05) is 0 Å². The van der Waals surface area contributed by atoms with Gasteiger partial charge in [-0.15, -0.1) is 11.6 Å². The van der Waals surface area contributed by atoms with Crippen molar-refractivity contribution in [2.75, 3.05) is 5.88 Å². The zero-order chi connectivity index (χ0) is 10.7. The SMILES string of the molecule is N#Cc1c(O)cc(C(=O)CCl)cc1F. The molecule has 0 radical (unpaired) electrons. The van der Waals surface area contributed by atoms with Crippen molar-refractivity contribution in [1.29, 1.82) is 5.26 Å². The van der Waals surface area contributed by atoms with Crippen LogP contribution in [0.1, 0.15) is 15.9 Å². The minimum Gasteiger partial charge on any atom is -0.506 e. The Morgan fingerprint density at radius 2 is 2.29 bits per heavy atom. The van der Waals surface area contributed by atoms with E-state index in [1.807, 2.05) is 0 Å². The summed E-state index contributed by atoms with van der Waals surface area (Å²) in [5, 5.41) is 17.6. The minimum atomic E-state index is -0.930. The quantitative estimate of drug-likeness (QED) is 0.602. The molecule has 1 aromatic rings. The van der Waals surface area contributed by atoms with E-state index < -0.39 is 22.9 Å². The average molecular weight is 214 g/mol. The maximum atomic E-state index is 13.0. The van der Waals surface area contributed by atoms with Crippen molar-refractivity contribution >= 4 is 17.4 Å². The Balaban J connectivity index is 3.29. The van der Waals surface area contributed by atoms with Crippen molar-refractivity contribution in [3.8, 4) is 11.8 Å². The second-order valence-corrected chi connectivity index (χ2v) is 2.79. The van der Waals surface area contributed by atoms with Crippen LogP contribution >= 0.6 is 11.6 Å². The first kappa shape index (κ1) is 10.5. The lowest BCUT2D eigenvalue weighted by molar-refractivity contribution is 0.102. The number of ketones is 1. The van der Waals surface area contributed by atoms with Gasteiger partial charge in [0.05, 0.1) is 5.88 Å². The number of rotatable bonds is 2. The lowest BCUT2D eigenvalue weighted by atomic mass is 10.1. The summed E-state index contributed by atoms with van der Waals surface area (Å²) in [7, 11) is 0. The molecular weight excluding hydrogens is 209 g/mol. The molecule has 0 fully saturated rings. The number of halogens is 2. The molecule has 0 unspecified atom stereocenters. The molecule has 0 saturated carbocycles. The number of nitrogens with zero attached hydrogens (tertiary/aromatic N) is 1. The highest BCUT2D eigenvalue weighted by molar-refractivity contribution is 6.30. The molecule has 0 saturated heterocycles. The van der Waals surface area contributed by atoms with Crippen LogP contribution in [0.15, 0.2) is 12.1 Å². The molecular formula is C9H5ClFNO2. The highest BCUT2D eigenvalue weighted by Gasteiger charge is 2.13. The molecule has 3 nitrogen and oxygen atoms in total. The number of hydrogen-bond donors (Lipinski definition) is 1. The summed E-state index contributed by atoms with van der Waals surface area (Å²) in [6, 6.07) is 3.38. The summed E-state index contributed by atoms with van der Waals surface area (Å²) in [6.45, 7) is 0. The van der Waals surface area contributed by atoms with Crippen LogP contribution in [0.4, 0.5) is 4.39 Å². The largest absolute Gasteiger partial charge is 0.506 e. The summed E-state index contributed by atoms with van der Waals surface area (Å²) in [5.74, 6) is -2.29. The Hall–Kier alpha value is -1.60. The number of aromatic hydroxyl groups is 1. The van der Waals surface area contributed by atoms with Gasteiger partial charge in [-0.25, -0.2) is 4.39 Å². The summed E-state index contributed by atoms with van der Waals surface area (Å²) in [5.41, 5.74) is -0.523. The fraction of sp³-hybridized carbons (Fsp3) is 0.111. The van der Waals surface area contributed by atoms with E-state index in [0.717, 1.165) is 12.1 Å². The molecule has 0 aliphatic rings. The topological polar surface area (TPSA) is 61.1 Å². The Labute approximate surface area is 84.3 Å². The van der Waals surface area contributed by atoms with Crippen LogP contribution in [-0.2, 0) is 0 Å². The lowest BCUT2D eigenvalue weighted by Gasteiger charge is -2.01. The summed E-state index contributed by atoms with van der Waals surface area (Å²) in [6.07, 6.45) is 0. The molecule has 0 amide bonds. The first-order valence-corrected chi connectivity index (χ1v) is 4.15. The number of carbonyl (C=O) groups is 1. The number of Topliss-reactive ketones (excluding diaryl/α,β-unsaturated/α-hetero) is 1. The Kier molecular flexibility index (Phi) is 3.05. The van der Waals surface area contributed by atoms with E-state index in [0.29, 0.717) is 0 Å². The molecule has 1 rings (SSSR count). The van der Waals surface area contributed by atoms with Gasteiger partial charge >= 0.3 is 0 Å². The predicted molar refractivity (Wildman–Crippen MR) is 47.8 cm³/mol. The summed E-state index contributed by atoms with van der Waals surface area (Å²) in [4.78, 5) is 11.0. The van der Waals surface area contributed by atoms with Crippen molar-refractivity contribution in [3.63, 3.8) is 0 Å². The van der Waals surface area contributed by atoms with Crippen LogP contribution in [0.3, 0.4) is 0 Å². The van der Waals surface area contributed by atoms with Crippen LogP contribution < -0.4 is 0 Å². The van der Waals surface area contributed by atoms with Gasteiger partial charge in [-0.2, -0.15) is 5.26 Å². The van der Waals surface area contributed by atoms with Gasteiger partial charge < -0.3 is 5.11 Å². The number of phenols is 1. The number of carbonyl (C=O) groups excluding carboxylic acids is 1. The van der Waals surface area contributed by atoms with E-state index in [1.54, 1.807) is 0 Å². The van der Waals surface area contributed by atoms with E-state index in [9.17, 15) is 9.18 Å². The zero-order valence-corrected chi connectivity index (χ0v) is 7.68. The molecule has 0 atom stereocenters. The second-order valence-electron chi connectivity index (χ2n) is 2.52. The van der Waals surface area contributed by atoms with Gasteiger partial charge in [0.25, 0.3) is 0 Å². The van der Waals surface area contributed by atoms with Crippen molar-refractivity contribution in [3.05, 3.63) is 29.1 Å². The van der Waals surface area contributed by atoms with Gasteiger partial charge in [0.2, 0.25) is 0 Å². The molecule has 0 spiro atoms. The van der Waals surface area contributed by atoms with Gasteiger partial charge in [0, 0.05) is 5.56 Å². The number of alkyl halides is 1. The molecule has 5 heteroatoms. The first-order valence-electron chi connectivity index (χ1n) is 3.62. The number of benzene rings is 1. The molecule has 0 bridgehead atoms. The Bertz CT molecular complexity index is 402. The highest BCUT2D eigenvalue weighted by Crippen LogP contribution is 2.22. The van der Waals surface area contributed by atoms with E-state index in [4.69, 9.17) is 22.0 Å². The first-order chi connectivity index (χ1) is 6.60. The molecule has 0 heterocycles. The van der Waals surface area contributed by atoms with Crippen LogP contribution in [0.25, 0.3) is 0 Å². The van der Waals surface area contributed by atoms with Crippen LogP contribution in [0.2, 0.25) is 0 Å². The minimum absolute atomic E-state index is 0.0472. The van der Waals surface area contributed by atoms with Crippen LogP contribution in [0.5, 0.6) is 5.75 Å². The van der Waals surface area contributed by atoms with E-state index >= 15 is 0 Å². The fourth-order valence-corrected chi connectivity index (χ4v) is 1.10. The van der Waals surface area contributed by atoms with Crippen LogP contribution in [-0.4, -0.2) is 16.8 Å². The molecule has 0 aromatic heterocycles. The number of nitriles is 1. The molecule has 1 aromatic carbocycles. The van der Waals surface area contributed by atoms with Crippen LogP contribution in [0, 0.1) is 17.1 Å². The molecule has 72 valence electrons. The lowest BCUT2D eigenvalue weighted by Crippen LogP contribution is -2.01. The van der Waals surface area contributed by atoms with E-state index in [1.165, 1.54) is 6.07 Å². The standard InChI is InChI=1S/C9H5ClFNO2/c10-3-9(14)5-1-7(11)6(4-12)8(13)2-5/h1-2,13H,3H2. The molecule has 14 heavy (non-hydrogen) atoms. The second kappa shape index (κ2) is 4.07. The number of phenolic OH excluding ortho intramolecular Hbond substituents is 1. The monoisotopic (exact) mass is 213 g/mol. The van der Waals surface area contributed by atoms with Gasteiger partial charge in [0.15, 0.2) is 5.78 Å². The van der Waals surface area contributed by atoms with Gasteiger partial charge in [-0.3, -0.25) is 4.79 Å². The van der Waals surface area contributed by atoms with Crippen molar-refractivity contribution in [1.82, 2.24) is 0 Å². The molecule has 0 aliphatic heterocycles. The summed E-state index contributed by atoms with van der Waals surface area (Å²) < 4.78 is 13.0. The number of hydrogen-bond acceptors (Lipinski definition) is 3. The molecule has 1 N–H and O–H groups in total. The fourth-order valence-electron chi connectivity index (χ4n) is 0.941. The normalized spacial score (nSPS) is 9.50. The van der Waals surface area contributed by atoms with E-state index in [2.05, 4.69) is 0 Å². The Morgan fingerprint density at radius 3 is 2.71 bits per heavy atom. The van der Waals surface area contributed by atoms with Crippen molar-refractivity contribution < 1.29 is 14.3 Å². The zero-order valence-electron chi connectivity index (χ0n) is 6.92. The Morgan fingerprint density at radius 1 is 1.64 bits per heavy atom. The smallest absolute Gasteiger partial charge is 0.177 e. The van der Waals surface area contributed by atoms with Gasteiger partial charge in [0.1, 0.15) is 23.2 Å². The van der Waals surface area contributed by atoms with E-state index in [-0.39, 0.29) is 11.4 Å². The van der Waals surface area contributed by atoms with Gasteiger partial charge in [-0.05, 0) is 12.1 Å². The van der Waals surface area contributed by atoms with Crippen molar-refractivity contribution in [2.45, 2.75) is 0 Å². The predicted octanol–water partition coefficient (Wildman–Crippen LogP) is 1.82. The average Bonchev–Trinajstić information content (AvgIpc) is 2.16.